The minimum Gasteiger partial charge on any atom is -0.494 e. The summed E-state index contributed by atoms with van der Waals surface area (Å²) in [6, 6.07) is 9.73. The highest BCUT2D eigenvalue weighted by Crippen LogP contribution is 2.13. The van der Waals surface area contributed by atoms with Crippen LogP contribution >= 0.6 is 12.4 Å². The van der Waals surface area contributed by atoms with Crippen LogP contribution in [0.25, 0.3) is 0 Å². The van der Waals surface area contributed by atoms with Crippen molar-refractivity contribution in [3.8, 4) is 5.75 Å². The van der Waals surface area contributed by atoms with Gasteiger partial charge in [-0.25, -0.2) is 0 Å². The number of para-hydroxylation sites is 1. The smallest absolute Gasteiger partial charge is 0.222 e. The van der Waals surface area contributed by atoms with Crippen molar-refractivity contribution in [3.63, 3.8) is 0 Å². The maximum absolute atomic E-state index is 12.0. The first-order chi connectivity index (χ1) is 10.8. The summed E-state index contributed by atoms with van der Waals surface area (Å²) in [6.45, 7) is 5.56. The molecule has 0 bridgehead atoms. The summed E-state index contributed by atoms with van der Waals surface area (Å²) < 4.78 is 5.64. The first-order valence-corrected chi connectivity index (χ1v) is 8.42. The van der Waals surface area contributed by atoms with Crippen molar-refractivity contribution in [1.29, 1.82) is 0 Å². The number of amides is 1. The predicted molar refractivity (Wildman–Crippen MR) is 96.2 cm³/mol. The van der Waals surface area contributed by atoms with Gasteiger partial charge in [-0.05, 0) is 56.8 Å². The molecule has 0 saturated carbocycles. The average Bonchev–Trinajstić information content (AvgIpc) is 2.56. The number of nitrogens with one attached hydrogen (secondary N) is 2. The van der Waals surface area contributed by atoms with Gasteiger partial charge >= 0.3 is 0 Å². The highest BCUT2D eigenvalue weighted by Gasteiger charge is 2.15. The molecular weight excluding hydrogens is 312 g/mol. The molecule has 2 N–H and O–H groups in total. The zero-order valence-corrected chi connectivity index (χ0v) is 14.7. The van der Waals surface area contributed by atoms with E-state index in [9.17, 15) is 4.79 Å². The number of ether oxygens (including phenoxy) is 1. The number of halogens is 1. The second-order valence-electron chi connectivity index (χ2n) is 6.14. The van der Waals surface area contributed by atoms with E-state index in [1.54, 1.807) is 0 Å². The van der Waals surface area contributed by atoms with Crippen molar-refractivity contribution in [2.75, 3.05) is 26.2 Å². The van der Waals surface area contributed by atoms with Gasteiger partial charge in [0.25, 0.3) is 0 Å². The Hall–Kier alpha value is -1.26. The minimum atomic E-state index is -0.00630. The molecule has 1 aliphatic heterocycles. The Bertz CT molecular complexity index is 436. The topological polar surface area (TPSA) is 50.4 Å². The van der Waals surface area contributed by atoms with Crippen molar-refractivity contribution in [2.45, 2.75) is 32.6 Å². The maximum Gasteiger partial charge on any atom is 0.222 e. The van der Waals surface area contributed by atoms with Crippen molar-refractivity contribution in [2.24, 2.45) is 11.8 Å². The fraction of sp³-hybridized carbons (Fsp3) is 0.611. The van der Waals surface area contributed by atoms with E-state index >= 15 is 0 Å². The summed E-state index contributed by atoms with van der Waals surface area (Å²) >= 11 is 0. The van der Waals surface area contributed by atoms with Gasteiger partial charge in [0.15, 0.2) is 0 Å². The summed E-state index contributed by atoms with van der Waals surface area (Å²) in [5.74, 6) is 1.71. The largest absolute Gasteiger partial charge is 0.494 e. The quantitative estimate of drug-likeness (QED) is 0.764. The van der Waals surface area contributed by atoms with Gasteiger partial charge in [-0.1, -0.05) is 25.1 Å². The van der Waals surface area contributed by atoms with Crippen molar-refractivity contribution >= 4 is 18.3 Å². The van der Waals surface area contributed by atoms with Gasteiger partial charge < -0.3 is 15.4 Å². The highest BCUT2D eigenvalue weighted by molar-refractivity contribution is 5.85. The van der Waals surface area contributed by atoms with E-state index in [0.29, 0.717) is 12.5 Å². The summed E-state index contributed by atoms with van der Waals surface area (Å²) in [5, 5.41) is 6.47. The standard InChI is InChI=1S/C18H28N2O2.ClH/c1-15(10-13-22-17-7-3-2-4-8-17)18(21)20-12-9-16-6-5-11-19-14-16;/h2-4,7-8,15-16,19H,5-6,9-14H2,1H3,(H,20,21);1H. The third-order valence-corrected chi connectivity index (χ3v) is 4.26. The minimum absolute atomic E-state index is 0. The molecule has 0 spiro atoms. The van der Waals surface area contributed by atoms with Gasteiger partial charge in [-0.2, -0.15) is 0 Å². The molecule has 5 heteroatoms. The van der Waals surface area contributed by atoms with Crippen molar-refractivity contribution in [1.82, 2.24) is 10.6 Å². The normalized spacial score (nSPS) is 18.6. The molecule has 23 heavy (non-hydrogen) atoms. The third kappa shape index (κ3) is 7.71. The molecule has 1 heterocycles. The number of carbonyl (C=O) groups is 1. The molecule has 0 radical (unpaired) electrons. The monoisotopic (exact) mass is 340 g/mol. The van der Waals surface area contributed by atoms with Crippen molar-refractivity contribution < 1.29 is 9.53 Å². The Labute approximate surface area is 145 Å². The van der Waals surface area contributed by atoms with Crippen LogP contribution in [0.5, 0.6) is 5.75 Å². The van der Waals surface area contributed by atoms with E-state index < -0.39 is 0 Å². The van der Waals surface area contributed by atoms with E-state index in [1.807, 2.05) is 37.3 Å². The van der Waals surface area contributed by atoms with Crippen LogP contribution in [0.1, 0.15) is 32.6 Å². The number of hydrogen-bond donors (Lipinski definition) is 2. The molecule has 1 aliphatic rings. The molecule has 0 aliphatic carbocycles. The van der Waals surface area contributed by atoms with Crippen LogP contribution in [0.3, 0.4) is 0 Å². The van der Waals surface area contributed by atoms with Crippen LogP contribution in [0.15, 0.2) is 30.3 Å². The third-order valence-electron chi connectivity index (χ3n) is 4.26. The van der Waals surface area contributed by atoms with Gasteiger partial charge in [0, 0.05) is 12.5 Å². The van der Waals surface area contributed by atoms with Crippen LogP contribution < -0.4 is 15.4 Å². The van der Waals surface area contributed by atoms with Crippen molar-refractivity contribution in [3.05, 3.63) is 30.3 Å². The number of benzene rings is 1. The molecule has 1 fully saturated rings. The van der Waals surface area contributed by atoms with Gasteiger partial charge in [0.05, 0.1) is 6.61 Å². The lowest BCUT2D eigenvalue weighted by molar-refractivity contribution is -0.124. The van der Waals surface area contributed by atoms with E-state index in [0.717, 1.165) is 38.2 Å². The second kappa shape index (κ2) is 11.3. The molecular formula is C18H29ClN2O2. The fourth-order valence-corrected chi connectivity index (χ4v) is 2.75. The molecule has 2 atom stereocenters. The van der Waals surface area contributed by atoms with Crippen LogP contribution in [0, 0.1) is 11.8 Å². The zero-order valence-electron chi connectivity index (χ0n) is 13.9. The fourth-order valence-electron chi connectivity index (χ4n) is 2.75. The molecule has 4 nitrogen and oxygen atoms in total. The van der Waals surface area contributed by atoms with E-state index in [1.165, 1.54) is 12.8 Å². The molecule has 0 aromatic heterocycles. The predicted octanol–water partition coefficient (Wildman–Crippen LogP) is 3.02. The summed E-state index contributed by atoms with van der Waals surface area (Å²) in [4.78, 5) is 12.0. The first-order valence-electron chi connectivity index (χ1n) is 8.42. The Balaban J connectivity index is 0.00000264. The Morgan fingerprint density at radius 3 is 2.87 bits per heavy atom. The van der Waals surface area contributed by atoms with Crippen LogP contribution in [0.4, 0.5) is 0 Å². The second-order valence-corrected chi connectivity index (χ2v) is 6.14. The molecule has 1 aromatic carbocycles. The van der Waals surface area contributed by atoms with E-state index in [-0.39, 0.29) is 24.2 Å². The summed E-state index contributed by atoms with van der Waals surface area (Å²) in [5.41, 5.74) is 0. The van der Waals surface area contributed by atoms with E-state index in [4.69, 9.17) is 4.74 Å². The molecule has 2 rings (SSSR count). The Kier molecular flexibility index (Phi) is 9.72. The highest BCUT2D eigenvalue weighted by atomic mass is 35.5. The van der Waals surface area contributed by atoms with Gasteiger partial charge in [-0.3, -0.25) is 4.79 Å². The molecule has 1 aromatic rings. The molecule has 1 saturated heterocycles. The number of hydrogen-bond acceptors (Lipinski definition) is 3. The molecule has 2 unspecified atom stereocenters. The average molecular weight is 341 g/mol. The molecule has 1 amide bonds. The summed E-state index contributed by atoms with van der Waals surface area (Å²) in [6.07, 6.45) is 4.35. The number of carbonyl (C=O) groups excluding carboxylic acids is 1. The Morgan fingerprint density at radius 2 is 2.17 bits per heavy atom. The zero-order chi connectivity index (χ0) is 15.6. The first kappa shape index (κ1) is 19.8. The van der Waals surface area contributed by atoms with Crippen LogP contribution in [0.2, 0.25) is 0 Å². The van der Waals surface area contributed by atoms with Gasteiger partial charge in [-0.15, -0.1) is 12.4 Å². The Morgan fingerprint density at radius 1 is 1.39 bits per heavy atom. The lowest BCUT2D eigenvalue weighted by Crippen LogP contribution is -2.35. The lowest BCUT2D eigenvalue weighted by atomic mass is 9.96. The van der Waals surface area contributed by atoms with Crippen LogP contribution in [-0.4, -0.2) is 32.1 Å². The number of rotatable bonds is 8. The molecule has 130 valence electrons. The van der Waals surface area contributed by atoms with E-state index in [2.05, 4.69) is 10.6 Å². The van der Waals surface area contributed by atoms with Gasteiger partial charge in [0.1, 0.15) is 5.75 Å². The lowest BCUT2D eigenvalue weighted by Gasteiger charge is -2.23. The SMILES string of the molecule is CC(CCOc1ccccc1)C(=O)NCCC1CCCNC1.Cl. The van der Waals surface area contributed by atoms with Crippen LogP contribution in [-0.2, 0) is 4.79 Å². The summed E-state index contributed by atoms with van der Waals surface area (Å²) in [7, 11) is 0. The van der Waals surface area contributed by atoms with Gasteiger partial charge in [0.2, 0.25) is 5.91 Å². The maximum atomic E-state index is 12.0. The number of piperidine rings is 1.